The molecule has 38 heavy (non-hydrogen) atoms. The number of nitrogens with one attached hydrogen (secondary N) is 1. The topological polar surface area (TPSA) is 93.7 Å². The molecule has 4 rings (SSSR count). The van der Waals surface area contributed by atoms with Crippen LogP contribution >= 0.6 is 0 Å². The minimum atomic E-state index is -0.808. The Hall–Kier alpha value is -4.72. The monoisotopic (exact) mass is 510 g/mol. The fourth-order valence-electron chi connectivity index (χ4n) is 4.02. The van der Waals surface area contributed by atoms with E-state index in [-0.39, 0.29) is 11.6 Å². The van der Waals surface area contributed by atoms with Crippen LogP contribution in [0.15, 0.2) is 91.3 Å². The summed E-state index contributed by atoms with van der Waals surface area (Å²) in [4.78, 5) is 36.9. The first kappa shape index (κ1) is 26.3. The lowest BCUT2D eigenvalue weighted by molar-refractivity contribution is -0.120. The minimum absolute atomic E-state index is 0.196. The van der Waals surface area contributed by atoms with Gasteiger partial charge >= 0.3 is 0 Å². The molecule has 1 atom stereocenters. The number of amides is 2. The second-order valence-corrected chi connectivity index (χ2v) is 8.73. The van der Waals surface area contributed by atoms with Crippen molar-refractivity contribution in [3.05, 3.63) is 114 Å². The number of carbonyl (C=O) groups excluding carboxylic acids is 2. The van der Waals surface area contributed by atoms with Crippen molar-refractivity contribution >= 4 is 17.5 Å². The van der Waals surface area contributed by atoms with Crippen molar-refractivity contribution in [1.82, 2.24) is 15.3 Å². The number of rotatable bonds is 10. The zero-order chi connectivity index (χ0) is 26.9. The fraction of sp³-hybridized carbons (Fsp3) is 0.200. The molecule has 0 aliphatic heterocycles. The molecule has 0 bridgehead atoms. The number of anilines is 1. The van der Waals surface area contributed by atoms with Gasteiger partial charge in [0.2, 0.25) is 5.91 Å². The van der Waals surface area contributed by atoms with Crippen molar-refractivity contribution in [2.45, 2.75) is 18.9 Å². The average Bonchev–Trinajstić information content (AvgIpc) is 2.97. The Morgan fingerprint density at radius 2 is 1.47 bits per heavy atom. The van der Waals surface area contributed by atoms with E-state index in [9.17, 15) is 9.59 Å². The molecule has 8 heteroatoms. The van der Waals surface area contributed by atoms with Gasteiger partial charge < -0.3 is 19.7 Å². The number of benzene rings is 3. The summed E-state index contributed by atoms with van der Waals surface area (Å²) in [6, 6.07) is 25.2. The Morgan fingerprint density at radius 1 is 0.842 bits per heavy atom. The van der Waals surface area contributed by atoms with Crippen molar-refractivity contribution in [2.24, 2.45) is 0 Å². The molecule has 194 valence electrons. The smallest absolute Gasteiger partial charge is 0.270 e. The summed E-state index contributed by atoms with van der Waals surface area (Å²) < 4.78 is 10.4. The number of hydrogen-bond donors (Lipinski definition) is 1. The van der Waals surface area contributed by atoms with Crippen LogP contribution in [0, 0.1) is 0 Å². The lowest BCUT2D eigenvalue weighted by Gasteiger charge is -2.25. The van der Waals surface area contributed by atoms with E-state index in [0.29, 0.717) is 30.0 Å². The predicted molar refractivity (Wildman–Crippen MR) is 146 cm³/mol. The first-order valence-corrected chi connectivity index (χ1v) is 12.2. The first-order chi connectivity index (χ1) is 18.5. The van der Waals surface area contributed by atoms with Gasteiger partial charge in [-0.15, -0.1) is 0 Å². The van der Waals surface area contributed by atoms with Crippen molar-refractivity contribution in [2.75, 3.05) is 26.2 Å². The van der Waals surface area contributed by atoms with Crippen molar-refractivity contribution < 1.29 is 19.1 Å². The van der Waals surface area contributed by atoms with E-state index in [1.54, 1.807) is 51.6 Å². The summed E-state index contributed by atoms with van der Waals surface area (Å²) in [7, 11) is 4.89. The Kier molecular flexibility index (Phi) is 8.66. The van der Waals surface area contributed by atoms with Gasteiger partial charge in [-0.05, 0) is 53.6 Å². The molecule has 1 heterocycles. The molecule has 0 fully saturated rings. The van der Waals surface area contributed by atoms with E-state index in [1.165, 1.54) is 11.2 Å². The predicted octanol–water partition coefficient (Wildman–Crippen LogP) is 4.09. The van der Waals surface area contributed by atoms with Gasteiger partial charge in [0.1, 0.15) is 29.6 Å². The summed E-state index contributed by atoms with van der Waals surface area (Å²) in [5, 5.41) is 2.90. The standard InChI is InChI=1S/C30H30N4O4/c1-34(24-11-15-26(38-3)16-12-24)30(36)28(18-21-7-5-4-6-8-21)33-29(35)27-19-23(31-20-32-27)17-22-9-13-25(37-2)14-10-22/h4-16,19-20,28H,17-18H2,1-3H3,(H,33,35). The summed E-state index contributed by atoms with van der Waals surface area (Å²) in [6.07, 6.45) is 2.22. The second-order valence-electron chi connectivity index (χ2n) is 8.73. The Bertz CT molecular complexity index is 1360. The van der Waals surface area contributed by atoms with E-state index in [1.807, 2.05) is 54.6 Å². The third kappa shape index (κ3) is 6.73. The number of nitrogens with zero attached hydrogens (tertiary/aromatic N) is 3. The molecule has 0 aliphatic rings. The molecular formula is C30H30N4O4. The molecule has 1 N–H and O–H groups in total. The number of aromatic nitrogens is 2. The van der Waals surface area contributed by atoms with Gasteiger partial charge in [0.15, 0.2) is 0 Å². The van der Waals surface area contributed by atoms with Crippen LogP contribution in [-0.4, -0.2) is 49.1 Å². The van der Waals surface area contributed by atoms with Crippen molar-refractivity contribution in [3.63, 3.8) is 0 Å². The first-order valence-electron chi connectivity index (χ1n) is 12.2. The SMILES string of the molecule is COc1ccc(Cc2cc(C(=O)NC(Cc3ccccc3)C(=O)N(C)c3ccc(OC)cc3)ncn2)cc1. The minimum Gasteiger partial charge on any atom is -0.497 e. The van der Waals surface area contributed by atoms with Crippen LogP contribution in [0.4, 0.5) is 5.69 Å². The molecule has 0 saturated heterocycles. The number of ether oxygens (including phenoxy) is 2. The summed E-state index contributed by atoms with van der Waals surface area (Å²) >= 11 is 0. The molecule has 0 saturated carbocycles. The van der Waals surface area contributed by atoms with Gasteiger partial charge in [-0.2, -0.15) is 0 Å². The fourth-order valence-corrected chi connectivity index (χ4v) is 4.02. The van der Waals surface area contributed by atoms with E-state index >= 15 is 0 Å². The van der Waals surface area contributed by atoms with E-state index in [4.69, 9.17) is 9.47 Å². The number of likely N-dealkylation sites (N-methyl/N-ethyl adjacent to an activating group) is 1. The Morgan fingerprint density at radius 3 is 2.11 bits per heavy atom. The maximum atomic E-state index is 13.6. The largest absolute Gasteiger partial charge is 0.497 e. The van der Waals surface area contributed by atoms with E-state index in [2.05, 4.69) is 15.3 Å². The summed E-state index contributed by atoms with van der Waals surface area (Å²) in [5.74, 6) is 0.767. The Balaban J connectivity index is 1.52. The quantitative estimate of drug-likeness (QED) is 0.345. The third-order valence-electron chi connectivity index (χ3n) is 6.18. The molecule has 0 spiro atoms. The average molecular weight is 511 g/mol. The second kappa shape index (κ2) is 12.5. The highest BCUT2D eigenvalue weighted by Crippen LogP contribution is 2.20. The number of hydrogen-bond acceptors (Lipinski definition) is 6. The van der Waals surface area contributed by atoms with Gasteiger partial charge in [-0.3, -0.25) is 9.59 Å². The lowest BCUT2D eigenvalue weighted by atomic mass is 10.0. The lowest BCUT2D eigenvalue weighted by Crippen LogP contribution is -2.49. The van der Waals surface area contributed by atoms with E-state index < -0.39 is 11.9 Å². The molecule has 1 aromatic heterocycles. The van der Waals surface area contributed by atoms with Crippen LogP contribution < -0.4 is 19.7 Å². The van der Waals surface area contributed by atoms with Crippen LogP contribution in [-0.2, 0) is 17.6 Å². The molecule has 2 amide bonds. The maximum absolute atomic E-state index is 13.6. The molecule has 0 aliphatic carbocycles. The molecule has 0 radical (unpaired) electrons. The van der Waals surface area contributed by atoms with Gasteiger partial charge in [0, 0.05) is 31.3 Å². The van der Waals surface area contributed by atoms with Crippen LogP contribution in [0.2, 0.25) is 0 Å². The molecule has 1 unspecified atom stereocenters. The van der Waals surface area contributed by atoms with Gasteiger partial charge in [-0.25, -0.2) is 9.97 Å². The number of carbonyl (C=O) groups is 2. The van der Waals surface area contributed by atoms with E-state index in [0.717, 1.165) is 16.9 Å². The Labute approximate surface area is 222 Å². The highest BCUT2D eigenvalue weighted by atomic mass is 16.5. The van der Waals surface area contributed by atoms with Crippen LogP contribution in [0.1, 0.15) is 27.3 Å². The normalized spacial score (nSPS) is 11.3. The van der Waals surface area contributed by atoms with Crippen molar-refractivity contribution in [1.29, 1.82) is 0 Å². The highest BCUT2D eigenvalue weighted by Gasteiger charge is 2.26. The third-order valence-corrected chi connectivity index (χ3v) is 6.18. The number of methoxy groups -OCH3 is 2. The molecule has 8 nitrogen and oxygen atoms in total. The van der Waals surface area contributed by atoms with Gasteiger partial charge in [-0.1, -0.05) is 42.5 Å². The zero-order valence-corrected chi connectivity index (χ0v) is 21.6. The molecular weight excluding hydrogens is 480 g/mol. The van der Waals surface area contributed by atoms with Gasteiger partial charge in [0.25, 0.3) is 5.91 Å². The van der Waals surface area contributed by atoms with Crippen LogP contribution in [0.25, 0.3) is 0 Å². The summed E-state index contributed by atoms with van der Waals surface area (Å²) in [6.45, 7) is 0. The van der Waals surface area contributed by atoms with Crippen LogP contribution in [0.5, 0.6) is 11.5 Å². The maximum Gasteiger partial charge on any atom is 0.270 e. The molecule has 4 aromatic rings. The van der Waals surface area contributed by atoms with Crippen LogP contribution in [0.3, 0.4) is 0 Å². The highest BCUT2D eigenvalue weighted by molar-refractivity contribution is 6.01. The van der Waals surface area contributed by atoms with Gasteiger partial charge in [0.05, 0.1) is 14.2 Å². The van der Waals surface area contributed by atoms with Crippen molar-refractivity contribution in [3.8, 4) is 11.5 Å². The zero-order valence-electron chi connectivity index (χ0n) is 21.6. The summed E-state index contributed by atoms with van der Waals surface area (Å²) in [5.41, 5.74) is 3.52. The molecule has 3 aromatic carbocycles.